The molecule has 1 heterocycles. The molecule has 0 atom stereocenters. The molecule has 96 valence electrons. The summed E-state index contributed by atoms with van der Waals surface area (Å²) < 4.78 is 10.1. The Morgan fingerprint density at radius 2 is 2.11 bits per heavy atom. The molecular weight excluding hydrogens is 250 g/mol. The fraction of sp³-hybridized carbons (Fsp3) is 0.308. The van der Waals surface area contributed by atoms with Crippen molar-refractivity contribution < 1.29 is 14.4 Å². The van der Waals surface area contributed by atoms with Gasteiger partial charge in [0.1, 0.15) is 6.61 Å². The molecule has 1 aromatic heterocycles. The van der Waals surface area contributed by atoms with Gasteiger partial charge in [-0.25, -0.2) is 0 Å². The summed E-state index contributed by atoms with van der Waals surface area (Å²) in [6, 6.07) is 9.72. The Bertz CT molecular complexity index is 481. The standard InChI is InChI=1S/C13H15NO3S/c1-16-8-12-6-11(14-17-12)9-18-13-4-2-10(7-15)3-5-13/h2-6,15H,7-9H2,1H3. The van der Waals surface area contributed by atoms with Crippen LogP contribution in [0.1, 0.15) is 17.0 Å². The third-order valence-electron chi connectivity index (χ3n) is 2.39. The SMILES string of the molecule is COCc1cc(CSc2ccc(CO)cc2)no1. The molecule has 0 aliphatic heterocycles. The first-order chi connectivity index (χ1) is 8.81. The maximum Gasteiger partial charge on any atom is 0.162 e. The zero-order chi connectivity index (χ0) is 12.8. The summed E-state index contributed by atoms with van der Waals surface area (Å²) in [5, 5.41) is 12.9. The van der Waals surface area contributed by atoms with Crippen LogP contribution in [0.3, 0.4) is 0 Å². The van der Waals surface area contributed by atoms with Crippen molar-refractivity contribution in [2.45, 2.75) is 23.9 Å². The molecular formula is C13H15NO3S. The van der Waals surface area contributed by atoms with Crippen molar-refractivity contribution in [1.82, 2.24) is 5.16 Å². The first-order valence-corrected chi connectivity index (χ1v) is 6.56. The van der Waals surface area contributed by atoms with E-state index in [1.807, 2.05) is 30.3 Å². The molecule has 0 aliphatic rings. The predicted octanol–water partition coefficient (Wildman–Crippen LogP) is 2.61. The van der Waals surface area contributed by atoms with Crippen molar-refractivity contribution in [2.75, 3.05) is 7.11 Å². The zero-order valence-corrected chi connectivity index (χ0v) is 10.9. The van der Waals surface area contributed by atoms with Crippen LogP contribution in [0.5, 0.6) is 0 Å². The summed E-state index contributed by atoms with van der Waals surface area (Å²) in [5.74, 6) is 1.50. The first-order valence-electron chi connectivity index (χ1n) is 5.58. The van der Waals surface area contributed by atoms with E-state index >= 15 is 0 Å². The Hall–Kier alpha value is -1.30. The van der Waals surface area contributed by atoms with Gasteiger partial charge < -0.3 is 14.4 Å². The van der Waals surface area contributed by atoms with Gasteiger partial charge in [-0.15, -0.1) is 11.8 Å². The minimum atomic E-state index is 0.0780. The summed E-state index contributed by atoms with van der Waals surface area (Å²) in [5.41, 5.74) is 1.82. The summed E-state index contributed by atoms with van der Waals surface area (Å²) in [7, 11) is 1.62. The van der Waals surface area contributed by atoms with Crippen molar-refractivity contribution in [1.29, 1.82) is 0 Å². The van der Waals surface area contributed by atoms with Gasteiger partial charge >= 0.3 is 0 Å². The lowest BCUT2D eigenvalue weighted by Crippen LogP contribution is -1.83. The highest BCUT2D eigenvalue weighted by Crippen LogP contribution is 2.23. The molecule has 2 aromatic rings. The average Bonchev–Trinajstić information content (AvgIpc) is 2.85. The van der Waals surface area contributed by atoms with Crippen molar-refractivity contribution in [3.63, 3.8) is 0 Å². The van der Waals surface area contributed by atoms with Crippen LogP contribution in [0.2, 0.25) is 0 Å². The molecule has 0 radical (unpaired) electrons. The largest absolute Gasteiger partial charge is 0.392 e. The smallest absolute Gasteiger partial charge is 0.162 e. The van der Waals surface area contributed by atoms with Crippen LogP contribution < -0.4 is 0 Å². The molecule has 0 amide bonds. The Kier molecular flexibility index (Phi) is 4.81. The van der Waals surface area contributed by atoms with Gasteiger partial charge in [-0.3, -0.25) is 0 Å². The van der Waals surface area contributed by atoms with E-state index < -0.39 is 0 Å². The van der Waals surface area contributed by atoms with Crippen LogP contribution in [-0.2, 0) is 23.7 Å². The molecule has 18 heavy (non-hydrogen) atoms. The highest BCUT2D eigenvalue weighted by molar-refractivity contribution is 7.98. The van der Waals surface area contributed by atoms with Crippen molar-refractivity contribution in [3.05, 3.63) is 47.3 Å². The Morgan fingerprint density at radius 3 is 2.78 bits per heavy atom. The number of rotatable bonds is 6. The lowest BCUT2D eigenvalue weighted by molar-refractivity contribution is 0.156. The van der Waals surface area contributed by atoms with E-state index in [0.29, 0.717) is 6.61 Å². The van der Waals surface area contributed by atoms with Gasteiger partial charge in [0, 0.05) is 23.8 Å². The maximum absolute atomic E-state index is 8.95. The van der Waals surface area contributed by atoms with E-state index in [4.69, 9.17) is 14.4 Å². The first kappa shape index (κ1) is 13.1. The molecule has 0 aliphatic carbocycles. The second-order valence-electron chi connectivity index (χ2n) is 3.81. The van der Waals surface area contributed by atoms with E-state index in [2.05, 4.69) is 5.16 Å². The molecule has 5 heteroatoms. The Balaban J connectivity index is 1.89. The number of aromatic nitrogens is 1. The summed E-state index contributed by atoms with van der Waals surface area (Å²) in [4.78, 5) is 1.14. The summed E-state index contributed by atoms with van der Waals surface area (Å²) in [6.45, 7) is 0.525. The van der Waals surface area contributed by atoms with Gasteiger partial charge in [-0.05, 0) is 17.7 Å². The van der Waals surface area contributed by atoms with E-state index in [1.165, 1.54) is 0 Å². The number of thioether (sulfide) groups is 1. The maximum atomic E-state index is 8.95. The van der Waals surface area contributed by atoms with Gasteiger partial charge in [-0.2, -0.15) is 0 Å². The van der Waals surface area contributed by atoms with Gasteiger partial charge in [0.05, 0.1) is 12.3 Å². The third-order valence-corrected chi connectivity index (χ3v) is 3.43. The second-order valence-corrected chi connectivity index (χ2v) is 4.86. The number of hydrogen-bond donors (Lipinski definition) is 1. The number of nitrogens with zero attached hydrogens (tertiary/aromatic N) is 1. The second kappa shape index (κ2) is 6.58. The summed E-state index contributed by atoms with van der Waals surface area (Å²) in [6.07, 6.45) is 0. The van der Waals surface area contributed by atoms with Crippen molar-refractivity contribution in [2.24, 2.45) is 0 Å². The Labute approximate surface area is 110 Å². The fourth-order valence-electron chi connectivity index (χ4n) is 1.48. The van der Waals surface area contributed by atoms with E-state index in [9.17, 15) is 0 Å². The molecule has 1 N–H and O–H groups in total. The number of aliphatic hydroxyl groups is 1. The van der Waals surface area contributed by atoms with Crippen molar-refractivity contribution in [3.8, 4) is 0 Å². The van der Waals surface area contributed by atoms with E-state index in [0.717, 1.165) is 27.7 Å². The molecule has 2 rings (SSSR count). The minimum Gasteiger partial charge on any atom is -0.392 e. The van der Waals surface area contributed by atoms with Crippen LogP contribution in [0.15, 0.2) is 39.8 Å². The van der Waals surface area contributed by atoms with E-state index in [-0.39, 0.29) is 6.61 Å². The number of methoxy groups -OCH3 is 1. The minimum absolute atomic E-state index is 0.0780. The van der Waals surface area contributed by atoms with Crippen LogP contribution in [0.4, 0.5) is 0 Å². The summed E-state index contributed by atoms with van der Waals surface area (Å²) >= 11 is 1.68. The predicted molar refractivity (Wildman–Crippen MR) is 69.1 cm³/mol. The number of aliphatic hydroxyl groups excluding tert-OH is 1. The third kappa shape index (κ3) is 3.60. The normalized spacial score (nSPS) is 10.8. The molecule has 0 saturated heterocycles. The van der Waals surface area contributed by atoms with Gasteiger partial charge in [0.2, 0.25) is 0 Å². The molecule has 1 aromatic carbocycles. The van der Waals surface area contributed by atoms with Crippen molar-refractivity contribution >= 4 is 11.8 Å². The fourth-order valence-corrected chi connectivity index (χ4v) is 2.26. The van der Waals surface area contributed by atoms with Crippen LogP contribution in [0, 0.1) is 0 Å². The quantitative estimate of drug-likeness (QED) is 0.814. The topological polar surface area (TPSA) is 55.5 Å². The number of ether oxygens (including phenoxy) is 1. The number of hydrogen-bond acceptors (Lipinski definition) is 5. The van der Waals surface area contributed by atoms with E-state index in [1.54, 1.807) is 18.9 Å². The lowest BCUT2D eigenvalue weighted by atomic mass is 10.2. The monoisotopic (exact) mass is 265 g/mol. The highest BCUT2D eigenvalue weighted by Gasteiger charge is 2.04. The molecule has 0 spiro atoms. The molecule has 0 saturated carbocycles. The van der Waals surface area contributed by atoms with Gasteiger partial charge in [0.15, 0.2) is 5.76 Å². The van der Waals surface area contributed by atoms with Gasteiger partial charge in [-0.1, -0.05) is 17.3 Å². The molecule has 4 nitrogen and oxygen atoms in total. The molecule has 0 bridgehead atoms. The number of benzene rings is 1. The Morgan fingerprint density at radius 1 is 1.33 bits per heavy atom. The highest BCUT2D eigenvalue weighted by atomic mass is 32.2. The molecule has 0 fully saturated rings. The average molecular weight is 265 g/mol. The van der Waals surface area contributed by atoms with Gasteiger partial charge in [0.25, 0.3) is 0 Å². The van der Waals surface area contributed by atoms with Crippen LogP contribution >= 0.6 is 11.8 Å². The zero-order valence-electron chi connectivity index (χ0n) is 10.1. The van der Waals surface area contributed by atoms with Crippen LogP contribution in [-0.4, -0.2) is 17.4 Å². The van der Waals surface area contributed by atoms with Crippen LogP contribution in [0.25, 0.3) is 0 Å². The molecule has 0 unspecified atom stereocenters. The lowest BCUT2D eigenvalue weighted by Gasteiger charge is -2.00.